The van der Waals surface area contributed by atoms with E-state index in [2.05, 4.69) is 10.6 Å². The second-order valence-corrected chi connectivity index (χ2v) is 5.91. The average molecular weight is 297 g/mol. The minimum atomic E-state index is -0.272. The minimum absolute atomic E-state index is 0.158. The topological polar surface area (TPSA) is 64.9 Å². The molecular weight excluding hydrogens is 274 g/mol. The Morgan fingerprint density at radius 1 is 1.18 bits per heavy atom. The number of hydrogen-bond donors (Lipinski definition) is 2. The number of benzene rings is 1. The molecule has 4 heteroatoms. The third-order valence-corrected chi connectivity index (χ3v) is 4.04. The second kappa shape index (κ2) is 7.65. The van der Waals surface area contributed by atoms with Crippen molar-refractivity contribution >= 4 is 11.6 Å². The van der Waals surface area contributed by atoms with Crippen LogP contribution in [0.5, 0.6) is 0 Å². The van der Waals surface area contributed by atoms with Crippen LogP contribution < -0.4 is 10.6 Å². The molecular formula is C18H23N3O. The van der Waals surface area contributed by atoms with Gasteiger partial charge in [-0.15, -0.1) is 0 Å². The molecule has 2 rings (SSSR count). The van der Waals surface area contributed by atoms with E-state index < -0.39 is 0 Å². The molecule has 0 atom stereocenters. The molecule has 0 spiro atoms. The van der Waals surface area contributed by atoms with Gasteiger partial charge < -0.3 is 10.6 Å². The third kappa shape index (κ3) is 4.36. The largest absolute Gasteiger partial charge is 0.358 e. The lowest BCUT2D eigenvalue weighted by atomic mass is 9.95. The predicted molar refractivity (Wildman–Crippen MR) is 88.1 cm³/mol. The summed E-state index contributed by atoms with van der Waals surface area (Å²) in [4.78, 5) is 12.3. The van der Waals surface area contributed by atoms with Gasteiger partial charge in [0.2, 0.25) is 0 Å². The summed E-state index contributed by atoms with van der Waals surface area (Å²) < 4.78 is 0. The summed E-state index contributed by atoms with van der Waals surface area (Å²) in [6.45, 7) is 3.78. The van der Waals surface area contributed by atoms with Crippen molar-refractivity contribution < 1.29 is 4.79 Å². The number of carbonyl (C=O) groups is 1. The predicted octanol–water partition coefficient (Wildman–Crippen LogP) is 3.65. The van der Waals surface area contributed by atoms with Crippen LogP contribution in [0, 0.1) is 18.3 Å². The zero-order valence-corrected chi connectivity index (χ0v) is 13.3. The van der Waals surface area contributed by atoms with Gasteiger partial charge in [-0.1, -0.05) is 37.0 Å². The Morgan fingerprint density at radius 3 is 2.41 bits per heavy atom. The van der Waals surface area contributed by atoms with E-state index in [9.17, 15) is 10.1 Å². The van der Waals surface area contributed by atoms with E-state index in [4.69, 9.17) is 0 Å². The van der Waals surface area contributed by atoms with Crippen LogP contribution in [0.2, 0.25) is 0 Å². The smallest absolute Gasteiger partial charge is 0.263 e. The van der Waals surface area contributed by atoms with Crippen LogP contribution in [0.1, 0.15) is 44.6 Å². The molecule has 1 fully saturated rings. The van der Waals surface area contributed by atoms with Crippen molar-refractivity contribution in [2.75, 3.05) is 5.32 Å². The molecule has 2 N–H and O–H groups in total. The highest BCUT2D eigenvalue weighted by atomic mass is 16.1. The lowest BCUT2D eigenvalue weighted by Gasteiger charge is -2.22. The zero-order chi connectivity index (χ0) is 15.9. The maximum Gasteiger partial charge on any atom is 0.263 e. The Morgan fingerprint density at radius 2 is 1.82 bits per heavy atom. The molecule has 0 radical (unpaired) electrons. The highest BCUT2D eigenvalue weighted by Gasteiger charge is 2.19. The van der Waals surface area contributed by atoms with Gasteiger partial charge in [0.15, 0.2) is 0 Å². The molecule has 1 aromatic rings. The SMILES string of the molecule is C/C(Nc1ccc(C)cc1)=C(\C#N)C(=O)NC1CCCCC1. The number of amides is 1. The molecule has 1 amide bonds. The number of hydrogen-bond acceptors (Lipinski definition) is 3. The van der Waals surface area contributed by atoms with E-state index >= 15 is 0 Å². The van der Waals surface area contributed by atoms with Crippen LogP contribution in [0.4, 0.5) is 5.69 Å². The molecule has 0 aromatic heterocycles. The maximum atomic E-state index is 12.3. The number of nitriles is 1. The summed E-state index contributed by atoms with van der Waals surface area (Å²) >= 11 is 0. The molecule has 116 valence electrons. The highest BCUT2D eigenvalue weighted by Crippen LogP contribution is 2.18. The number of aryl methyl sites for hydroxylation is 1. The van der Waals surface area contributed by atoms with E-state index in [1.165, 1.54) is 12.0 Å². The van der Waals surface area contributed by atoms with Crippen molar-refractivity contribution in [3.05, 3.63) is 41.1 Å². The Balaban J connectivity index is 2.05. The summed E-state index contributed by atoms with van der Waals surface area (Å²) in [5.74, 6) is -0.272. The van der Waals surface area contributed by atoms with E-state index in [0.29, 0.717) is 5.70 Å². The van der Waals surface area contributed by atoms with Gasteiger partial charge >= 0.3 is 0 Å². The molecule has 0 aliphatic heterocycles. The number of carbonyl (C=O) groups excluding carboxylic acids is 1. The van der Waals surface area contributed by atoms with Crippen LogP contribution in [-0.2, 0) is 4.79 Å². The van der Waals surface area contributed by atoms with Crippen LogP contribution >= 0.6 is 0 Å². The van der Waals surface area contributed by atoms with Gasteiger partial charge in [-0.3, -0.25) is 4.79 Å². The first-order valence-electron chi connectivity index (χ1n) is 7.85. The van der Waals surface area contributed by atoms with Gasteiger partial charge in [0.05, 0.1) is 0 Å². The molecule has 1 aromatic carbocycles. The summed E-state index contributed by atoms with van der Waals surface area (Å²) in [5, 5.41) is 15.4. The molecule has 1 saturated carbocycles. The lowest BCUT2D eigenvalue weighted by Crippen LogP contribution is -2.37. The molecule has 22 heavy (non-hydrogen) atoms. The summed E-state index contributed by atoms with van der Waals surface area (Å²) in [5.41, 5.74) is 2.79. The molecule has 4 nitrogen and oxygen atoms in total. The summed E-state index contributed by atoms with van der Waals surface area (Å²) in [7, 11) is 0. The quantitative estimate of drug-likeness (QED) is 0.658. The first-order valence-corrected chi connectivity index (χ1v) is 7.85. The molecule has 0 unspecified atom stereocenters. The van der Waals surface area contributed by atoms with E-state index in [0.717, 1.165) is 31.4 Å². The van der Waals surface area contributed by atoms with Crippen LogP contribution in [0.25, 0.3) is 0 Å². The van der Waals surface area contributed by atoms with Crippen molar-refractivity contribution in [3.63, 3.8) is 0 Å². The van der Waals surface area contributed by atoms with E-state index in [1.54, 1.807) is 6.92 Å². The maximum absolute atomic E-state index is 12.3. The molecule has 1 aliphatic carbocycles. The fraction of sp³-hybridized carbons (Fsp3) is 0.444. The van der Waals surface area contributed by atoms with E-state index in [-0.39, 0.29) is 17.5 Å². The second-order valence-electron chi connectivity index (χ2n) is 5.91. The molecule has 0 heterocycles. The Labute approximate surface area is 132 Å². The van der Waals surface area contributed by atoms with Crippen LogP contribution in [0.3, 0.4) is 0 Å². The fourth-order valence-corrected chi connectivity index (χ4v) is 2.73. The van der Waals surface area contributed by atoms with Crippen LogP contribution in [0.15, 0.2) is 35.5 Å². The number of anilines is 1. The van der Waals surface area contributed by atoms with Gasteiger partial charge in [0.25, 0.3) is 5.91 Å². The first-order chi connectivity index (χ1) is 10.6. The molecule has 0 saturated heterocycles. The Kier molecular flexibility index (Phi) is 5.60. The third-order valence-electron chi connectivity index (χ3n) is 4.04. The number of nitrogens with one attached hydrogen (secondary N) is 2. The summed E-state index contributed by atoms with van der Waals surface area (Å²) in [6, 6.07) is 10.1. The van der Waals surface area contributed by atoms with Crippen molar-refractivity contribution in [2.24, 2.45) is 0 Å². The van der Waals surface area contributed by atoms with Gasteiger partial charge in [0.1, 0.15) is 11.6 Å². The monoisotopic (exact) mass is 297 g/mol. The normalized spacial score (nSPS) is 16.4. The summed E-state index contributed by atoms with van der Waals surface area (Å²) in [6.07, 6.45) is 5.55. The van der Waals surface area contributed by atoms with E-state index in [1.807, 2.05) is 37.3 Å². The number of allylic oxidation sites excluding steroid dienone is 1. The minimum Gasteiger partial charge on any atom is -0.358 e. The van der Waals surface area contributed by atoms with Gasteiger partial charge in [-0.05, 0) is 38.8 Å². The highest BCUT2D eigenvalue weighted by molar-refractivity contribution is 5.98. The fourth-order valence-electron chi connectivity index (χ4n) is 2.73. The van der Waals surface area contributed by atoms with Gasteiger partial charge in [-0.25, -0.2) is 0 Å². The van der Waals surface area contributed by atoms with Gasteiger partial charge in [0, 0.05) is 17.4 Å². The van der Waals surface area contributed by atoms with Crippen molar-refractivity contribution in [1.82, 2.24) is 5.32 Å². The van der Waals surface area contributed by atoms with Crippen molar-refractivity contribution in [3.8, 4) is 6.07 Å². The standard InChI is InChI=1S/C18H23N3O/c1-13-8-10-16(11-9-13)20-14(2)17(12-19)18(22)21-15-6-4-3-5-7-15/h8-11,15,20H,3-7H2,1-2H3,(H,21,22)/b17-14-. The number of rotatable bonds is 4. The number of nitrogens with zero attached hydrogens (tertiary/aromatic N) is 1. The first kappa shape index (κ1) is 16.1. The Bertz CT molecular complexity index is 590. The lowest BCUT2D eigenvalue weighted by molar-refractivity contribution is -0.118. The van der Waals surface area contributed by atoms with Crippen molar-refractivity contribution in [1.29, 1.82) is 5.26 Å². The average Bonchev–Trinajstić information content (AvgIpc) is 2.51. The van der Waals surface area contributed by atoms with Crippen molar-refractivity contribution in [2.45, 2.75) is 52.0 Å². The van der Waals surface area contributed by atoms with Crippen LogP contribution in [-0.4, -0.2) is 11.9 Å². The van der Waals surface area contributed by atoms with Gasteiger partial charge in [-0.2, -0.15) is 5.26 Å². The Hall–Kier alpha value is -2.28. The molecule has 1 aliphatic rings. The zero-order valence-electron chi connectivity index (χ0n) is 13.3. The molecule has 0 bridgehead atoms.